The molecule has 0 aromatic heterocycles. The quantitative estimate of drug-likeness (QED) is 0.266. The predicted molar refractivity (Wildman–Crippen MR) is 95.6 cm³/mol. The second-order valence-corrected chi connectivity index (χ2v) is 7.10. The Morgan fingerprint density at radius 3 is 1.16 bits per heavy atom. The zero-order valence-corrected chi connectivity index (χ0v) is 17.7. The third-order valence-electron chi connectivity index (χ3n) is 3.91. The highest BCUT2D eigenvalue weighted by Gasteiger charge is 2.22. The fraction of sp³-hybridized carbons (Fsp3) is 0.667. The first-order valence-electron chi connectivity index (χ1n) is 9.01. The van der Waals surface area contributed by atoms with Gasteiger partial charge in [0, 0.05) is 0 Å². The second-order valence-electron chi connectivity index (χ2n) is 6.10. The Bertz CT molecular complexity index is 387. The molecule has 25 heavy (non-hydrogen) atoms. The van der Waals surface area contributed by atoms with Gasteiger partial charge in [-0.25, -0.2) is 22.0 Å². The molecule has 0 N–H and O–H groups in total. The molecule has 0 heterocycles. The number of benzene rings is 1. The van der Waals surface area contributed by atoms with E-state index in [0.717, 1.165) is 0 Å². The molecule has 0 bridgehead atoms. The van der Waals surface area contributed by atoms with Gasteiger partial charge in [-0.15, -0.1) is 0 Å². The van der Waals surface area contributed by atoms with Crippen LogP contribution in [0.4, 0.5) is 22.0 Å². The highest BCUT2D eigenvalue weighted by molar-refractivity contribution is 6.32. The van der Waals surface area contributed by atoms with Crippen molar-refractivity contribution in [3.8, 4) is 0 Å². The summed E-state index contributed by atoms with van der Waals surface area (Å²) in [4.78, 5) is 2.64. The molecule has 1 aromatic rings. The van der Waals surface area contributed by atoms with E-state index in [4.69, 9.17) is 0 Å². The summed E-state index contributed by atoms with van der Waals surface area (Å²) >= 11 is -0.223. The molecule has 0 radical (unpaired) electrons. The largest absolute Gasteiger partial charge is 0.303 e. The number of rotatable bonds is 9. The molecule has 0 aliphatic rings. The zero-order valence-electron chi connectivity index (χ0n) is 15.7. The minimum atomic E-state index is -2.11. The Morgan fingerprint density at radius 2 is 0.880 bits per heavy atom. The van der Waals surface area contributed by atoms with Crippen molar-refractivity contribution in [2.24, 2.45) is 0 Å². The maximum absolute atomic E-state index is 12.4. The molecule has 1 nitrogen and oxygen atoms in total. The standard InChI is InChI=1S/C12H27N.C6F5.Al.2H/c1-4-7-10-13(11-8-5-2)12-9-6-3;7-2-1-3(8)5(10)6(11)4(2)9;;;/h4-12H2,1-3H3;;;;. The van der Waals surface area contributed by atoms with Gasteiger partial charge < -0.3 is 4.90 Å². The molecule has 144 valence electrons. The minimum absolute atomic E-state index is 0.223. The second kappa shape index (κ2) is 13.6. The van der Waals surface area contributed by atoms with E-state index in [-0.39, 0.29) is 16.3 Å². The Balaban J connectivity index is 0.000000462. The Hall–Kier alpha value is -0.638. The van der Waals surface area contributed by atoms with E-state index < -0.39 is 33.5 Å². The number of hydrogen-bond donors (Lipinski definition) is 0. The number of hydrogen-bond acceptors (Lipinski definition) is 1. The van der Waals surface area contributed by atoms with E-state index in [1.165, 1.54) is 58.2 Å². The van der Waals surface area contributed by atoms with Crippen LogP contribution in [-0.2, 0) is 0 Å². The van der Waals surface area contributed by atoms with Crippen LogP contribution in [0.15, 0.2) is 0 Å². The molecular formula is C18H29AlF5N. The maximum Gasteiger partial charge on any atom is 0.268 e. The van der Waals surface area contributed by atoms with Crippen molar-refractivity contribution >= 4 is 20.7 Å². The Kier molecular flexibility index (Phi) is 13.2. The highest BCUT2D eigenvalue weighted by Crippen LogP contribution is 2.14. The van der Waals surface area contributed by atoms with Crippen molar-refractivity contribution in [2.45, 2.75) is 59.3 Å². The molecule has 0 amide bonds. The SMILES string of the molecule is CCCCN(CCCC)CCCC.Fc1c(F)c(F)[c]([AlH2])c(F)c1F. The molecule has 0 aliphatic heterocycles. The lowest BCUT2D eigenvalue weighted by Crippen LogP contribution is -2.27. The average Bonchev–Trinajstić information content (AvgIpc) is 2.63. The zero-order chi connectivity index (χ0) is 19.4. The van der Waals surface area contributed by atoms with E-state index in [1.54, 1.807) is 0 Å². The molecule has 1 aromatic carbocycles. The lowest BCUT2D eigenvalue weighted by atomic mass is 10.2. The maximum atomic E-state index is 12.4. The minimum Gasteiger partial charge on any atom is -0.303 e. The third-order valence-corrected chi connectivity index (χ3v) is 4.79. The molecule has 7 heteroatoms. The molecule has 0 fully saturated rings. The third kappa shape index (κ3) is 8.53. The smallest absolute Gasteiger partial charge is 0.268 e. The molecule has 0 atom stereocenters. The number of halogens is 5. The van der Waals surface area contributed by atoms with Crippen molar-refractivity contribution in [1.82, 2.24) is 4.90 Å². The van der Waals surface area contributed by atoms with E-state index in [2.05, 4.69) is 25.7 Å². The van der Waals surface area contributed by atoms with Crippen molar-refractivity contribution < 1.29 is 22.0 Å². The van der Waals surface area contributed by atoms with E-state index >= 15 is 0 Å². The van der Waals surface area contributed by atoms with Gasteiger partial charge in [-0.2, -0.15) is 0 Å². The Morgan fingerprint density at radius 1 is 0.600 bits per heavy atom. The fourth-order valence-corrected chi connectivity index (χ4v) is 2.63. The monoisotopic (exact) mass is 381 g/mol. The van der Waals surface area contributed by atoms with Crippen LogP contribution in [0.1, 0.15) is 59.3 Å². The summed E-state index contributed by atoms with van der Waals surface area (Å²) in [7, 11) is 0. The molecule has 0 spiro atoms. The average molecular weight is 381 g/mol. The van der Waals surface area contributed by atoms with Crippen LogP contribution >= 0.6 is 0 Å². The van der Waals surface area contributed by atoms with Gasteiger partial charge in [-0.05, 0) is 43.3 Å². The van der Waals surface area contributed by atoms with E-state index in [1.807, 2.05) is 0 Å². The van der Waals surface area contributed by atoms with E-state index in [0.29, 0.717) is 0 Å². The van der Waals surface area contributed by atoms with Gasteiger partial charge in [0.15, 0.2) is 29.1 Å². The molecule has 0 aliphatic carbocycles. The van der Waals surface area contributed by atoms with Crippen molar-refractivity contribution in [3.05, 3.63) is 29.1 Å². The summed E-state index contributed by atoms with van der Waals surface area (Å²) in [6.45, 7) is 10.8. The van der Waals surface area contributed by atoms with Gasteiger partial charge in [0.05, 0.1) is 0 Å². The summed E-state index contributed by atoms with van der Waals surface area (Å²) < 4.78 is 61.0. The molecule has 0 saturated heterocycles. The lowest BCUT2D eigenvalue weighted by molar-refractivity contribution is 0.261. The number of nitrogens with zero attached hydrogens (tertiary/aromatic N) is 1. The molecule has 1 rings (SSSR count). The van der Waals surface area contributed by atoms with Gasteiger partial charge >= 0.3 is 0 Å². The first-order valence-corrected chi connectivity index (χ1v) is 10.0. The van der Waals surface area contributed by atoms with Crippen LogP contribution in [0.2, 0.25) is 0 Å². The van der Waals surface area contributed by atoms with Gasteiger partial charge in [-0.1, -0.05) is 40.0 Å². The topological polar surface area (TPSA) is 3.24 Å². The Labute approximate surface area is 156 Å². The summed E-state index contributed by atoms with van der Waals surface area (Å²) in [5, 5.41) is 0. The van der Waals surface area contributed by atoms with Crippen LogP contribution in [0, 0.1) is 29.1 Å². The van der Waals surface area contributed by atoms with Crippen LogP contribution in [0.3, 0.4) is 0 Å². The number of unbranched alkanes of at least 4 members (excludes halogenated alkanes) is 3. The normalized spacial score (nSPS) is 10.8. The molecular weight excluding hydrogens is 352 g/mol. The summed E-state index contributed by atoms with van der Waals surface area (Å²) in [6.07, 6.45) is 8.09. The lowest BCUT2D eigenvalue weighted by Gasteiger charge is -2.21. The van der Waals surface area contributed by atoms with Crippen LogP contribution in [0.25, 0.3) is 0 Å². The molecule has 0 unspecified atom stereocenters. The summed E-state index contributed by atoms with van der Waals surface area (Å²) in [5.74, 6) is -9.31. The summed E-state index contributed by atoms with van der Waals surface area (Å²) in [5.41, 5.74) is 0. The van der Waals surface area contributed by atoms with Crippen molar-refractivity contribution in [3.63, 3.8) is 0 Å². The fourth-order valence-electron chi connectivity index (χ4n) is 2.20. The van der Waals surface area contributed by atoms with Crippen LogP contribution in [-0.4, -0.2) is 40.8 Å². The first kappa shape index (κ1) is 24.4. The summed E-state index contributed by atoms with van der Waals surface area (Å²) in [6, 6.07) is 0. The van der Waals surface area contributed by atoms with Crippen molar-refractivity contribution in [2.75, 3.05) is 19.6 Å². The van der Waals surface area contributed by atoms with Crippen LogP contribution < -0.4 is 4.43 Å². The van der Waals surface area contributed by atoms with Crippen molar-refractivity contribution in [1.29, 1.82) is 0 Å². The van der Waals surface area contributed by atoms with Gasteiger partial charge in [0.1, 0.15) is 0 Å². The van der Waals surface area contributed by atoms with Gasteiger partial charge in [0.25, 0.3) is 16.3 Å². The highest BCUT2D eigenvalue weighted by atomic mass is 27.0. The first-order chi connectivity index (χ1) is 11.8. The van der Waals surface area contributed by atoms with Crippen LogP contribution in [0.5, 0.6) is 0 Å². The molecule has 0 saturated carbocycles. The predicted octanol–water partition coefficient (Wildman–Crippen LogP) is 4.33. The van der Waals surface area contributed by atoms with Gasteiger partial charge in [0.2, 0.25) is 0 Å². The van der Waals surface area contributed by atoms with E-state index in [9.17, 15) is 22.0 Å². The van der Waals surface area contributed by atoms with Gasteiger partial charge in [-0.3, -0.25) is 0 Å².